The minimum atomic E-state index is -0.490. The van der Waals surface area contributed by atoms with E-state index in [9.17, 15) is 15.2 Å². The number of nitrogens with one attached hydrogen (secondary N) is 1. The SMILES string of the molecule is COc1ccc(C(C)NC(=O)/C(C#N)=C\N(CCO)Cc2ccccc2)cc1OC. The highest BCUT2D eigenvalue weighted by Crippen LogP contribution is 2.29. The molecule has 0 saturated heterocycles. The molecular weight excluding hydrogens is 382 g/mol. The van der Waals surface area contributed by atoms with Crippen LogP contribution in [0, 0.1) is 11.3 Å². The van der Waals surface area contributed by atoms with Gasteiger partial charge >= 0.3 is 0 Å². The van der Waals surface area contributed by atoms with Gasteiger partial charge < -0.3 is 24.8 Å². The Morgan fingerprint density at radius 2 is 1.90 bits per heavy atom. The van der Waals surface area contributed by atoms with Gasteiger partial charge in [0.05, 0.1) is 26.9 Å². The molecule has 30 heavy (non-hydrogen) atoms. The molecule has 0 heterocycles. The molecule has 0 aliphatic rings. The van der Waals surface area contributed by atoms with Gasteiger partial charge in [0.2, 0.25) is 0 Å². The van der Waals surface area contributed by atoms with Crippen molar-refractivity contribution in [1.29, 1.82) is 5.26 Å². The first-order valence-corrected chi connectivity index (χ1v) is 9.56. The number of carbonyl (C=O) groups is 1. The van der Waals surface area contributed by atoms with Gasteiger partial charge in [0.15, 0.2) is 11.5 Å². The second-order valence-electron chi connectivity index (χ2n) is 6.64. The van der Waals surface area contributed by atoms with E-state index >= 15 is 0 Å². The molecule has 0 aliphatic heterocycles. The molecule has 1 atom stereocenters. The minimum absolute atomic E-state index is 0.0355. The maximum absolute atomic E-state index is 12.7. The maximum Gasteiger partial charge on any atom is 0.263 e. The summed E-state index contributed by atoms with van der Waals surface area (Å²) in [6.07, 6.45) is 1.49. The van der Waals surface area contributed by atoms with Gasteiger partial charge in [-0.05, 0) is 30.2 Å². The Hall–Kier alpha value is -3.50. The number of rotatable bonds is 10. The van der Waals surface area contributed by atoms with Crippen molar-refractivity contribution >= 4 is 5.91 Å². The van der Waals surface area contributed by atoms with Crippen molar-refractivity contribution in [1.82, 2.24) is 10.2 Å². The van der Waals surface area contributed by atoms with E-state index in [4.69, 9.17) is 9.47 Å². The van der Waals surface area contributed by atoms with E-state index in [-0.39, 0.29) is 18.2 Å². The van der Waals surface area contributed by atoms with Crippen LogP contribution in [0.25, 0.3) is 0 Å². The van der Waals surface area contributed by atoms with E-state index in [1.165, 1.54) is 6.20 Å². The number of methoxy groups -OCH3 is 2. The molecule has 1 unspecified atom stereocenters. The first-order chi connectivity index (χ1) is 14.5. The van der Waals surface area contributed by atoms with Crippen LogP contribution < -0.4 is 14.8 Å². The van der Waals surface area contributed by atoms with Crippen molar-refractivity contribution in [2.45, 2.75) is 19.5 Å². The van der Waals surface area contributed by atoms with Gasteiger partial charge in [0.1, 0.15) is 11.6 Å². The molecule has 2 rings (SSSR count). The fraction of sp³-hybridized carbons (Fsp3) is 0.304. The standard InChI is InChI=1S/C23H27N3O4/c1-17(19-9-10-21(29-2)22(13-19)30-3)25-23(28)20(14-24)16-26(11-12-27)15-18-7-5-4-6-8-18/h4-10,13,16-17,27H,11-12,15H2,1-3H3,(H,25,28)/b20-16-. The minimum Gasteiger partial charge on any atom is -0.493 e. The lowest BCUT2D eigenvalue weighted by atomic mass is 10.1. The van der Waals surface area contributed by atoms with Crippen LogP contribution in [0.3, 0.4) is 0 Å². The molecule has 7 nitrogen and oxygen atoms in total. The molecule has 7 heteroatoms. The van der Waals surface area contributed by atoms with Crippen LogP contribution in [0.2, 0.25) is 0 Å². The Labute approximate surface area is 177 Å². The monoisotopic (exact) mass is 409 g/mol. The van der Waals surface area contributed by atoms with Crippen molar-refractivity contribution in [3.8, 4) is 17.6 Å². The van der Waals surface area contributed by atoms with E-state index in [1.807, 2.05) is 49.4 Å². The number of hydrogen-bond donors (Lipinski definition) is 2. The molecule has 0 fully saturated rings. The molecule has 1 amide bonds. The predicted molar refractivity (Wildman–Crippen MR) is 114 cm³/mol. The highest BCUT2D eigenvalue weighted by Gasteiger charge is 2.17. The molecule has 158 valence electrons. The van der Waals surface area contributed by atoms with Crippen molar-refractivity contribution < 1.29 is 19.4 Å². The molecule has 0 radical (unpaired) electrons. The summed E-state index contributed by atoms with van der Waals surface area (Å²) in [5.41, 5.74) is 1.79. The predicted octanol–water partition coefficient (Wildman–Crippen LogP) is 2.78. The smallest absolute Gasteiger partial charge is 0.263 e. The Morgan fingerprint density at radius 3 is 2.50 bits per heavy atom. The van der Waals surface area contributed by atoms with Gasteiger partial charge in [0.25, 0.3) is 5.91 Å². The zero-order valence-electron chi connectivity index (χ0n) is 17.5. The summed E-state index contributed by atoms with van der Waals surface area (Å²) in [6.45, 7) is 2.51. The van der Waals surface area contributed by atoms with E-state index in [2.05, 4.69) is 5.32 Å². The molecule has 2 aromatic rings. The average molecular weight is 409 g/mol. The lowest BCUT2D eigenvalue weighted by Gasteiger charge is -2.21. The van der Waals surface area contributed by atoms with Gasteiger partial charge in [-0.1, -0.05) is 36.4 Å². The second kappa shape index (κ2) is 11.5. The van der Waals surface area contributed by atoms with Gasteiger partial charge in [-0.2, -0.15) is 5.26 Å². The zero-order chi connectivity index (χ0) is 21.9. The van der Waals surface area contributed by atoms with Gasteiger partial charge in [0, 0.05) is 19.3 Å². The number of aliphatic hydroxyl groups excluding tert-OH is 1. The number of aliphatic hydroxyl groups is 1. The topological polar surface area (TPSA) is 94.8 Å². The normalized spacial score (nSPS) is 11.9. The fourth-order valence-corrected chi connectivity index (χ4v) is 2.94. The lowest BCUT2D eigenvalue weighted by molar-refractivity contribution is -0.117. The van der Waals surface area contributed by atoms with E-state index in [0.717, 1.165) is 11.1 Å². The highest BCUT2D eigenvalue weighted by atomic mass is 16.5. The van der Waals surface area contributed by atoms with Crippen molar-refractivity contribution in [2.75, 3.05) is 27.4 Å². The summed E-state index contributed by atoms with van der Waals surface area (Å²) in [5, 5.41) is 21.7. The Morgan fingerprint density at radius 1 is 1.20 bits per heavy atom. The van der Waals surface area contributed by atoms with Crippen molar-refractivity contribution in [2.24, 2.45) is 0 Å². The first-order valence-electron chi connectivity index (χ1n) is 9.56. The zero-order valence-corrected chi connectivity index (χ0v) is 17.5. The maximum atomic E-state index is 12.7. The van der Waals surface area contributed by atoms with Crippen LogP contribution >= 0.6 is 0 Å². The third kappa shape index (κ3) is 6.26. The molecule has 2 N–H and O–H groups in total. The number of nitrogens with zero attached hydrogens (tertiary/aromatic N) is 2. The molecule has 0 spiro atoms. The molecule has 2 aromatic carbocycles. The molecule has 0 aromatic heterocycles. The van der Waals surface area contributed by atoms with Crippen LogP contribution in [-0.4, -0.2) is 43.3 Å². The molecule has 0 bridgehead atoms. The van der Waals surface area contributed by atoms with Gasteiger partial charge in [-0.15, -0.1) is 0 Å². The first kappa shape index (κ1) is 22.8. The Kier molecular flexibility index (Phi) is 8.73. The highest BCUT2D eigenvalue weighted by molar-refractivity contribution is 5.97. The van der Waals surface area contributed by atoms with Crippen LogP contribution in [0.15, 0.2) is 60.3 Å². The Bertz CT molecular complexity index is 906. The molecule has 0 aliphatic carbocycles. The number of ether oxygens (including phenoxy) is 2. The summed E-state index contributed by atoms with van der Waals surface area (Å²) in [7, 11) is 3.10. The lowest BCUT2D eigenvalue weighted by Crippen LogP contribution is -2.29. The van der Waals surface area contributed by atoms with Crippen molar-refractivity contribution in [3.63, 3.8) is 0 Å². The van der Waals surface area contributed by atoms with Crippen molar-refractivity contribution in [3.05, 3.63) is 71.4 Å². The summed E-state index contributed by atoms with van der Waals surface area (Å²) >= 11 is 0. The number of amides is 1. The van der Waals surface area contributed by atoms with E-state index in [0.29, 0.717) is 24.6 Å². The van der Waals surface area contributed by atoms with Gasteiger partial charge in [-0.3, -0.25) is 4.79 Å². The fourth-order valence-electron chi connectivity index (χ4n) is 2.94. The summed E-state index contributed by atoms with van der Waals surface area (Å²) < 4.78 is 10.5. The summed E-state index contributed by atoms with van der Waals surface area (Å²) in [6, 6.07) is 16.6. The third-order valence-electron chi connectivity index (χ3n) is 4.55. The van der Waals surface area contributed by atoms with Gasteiger partial charge in [-0.25, -0.2) is 0 Å². The largest absolute Gasteiger partial charge is 0.493 e. The summed E-state index contributed by atoms with van der Waals surface area (Å²) in [5.74, 6) is 0.665. The quantitative estimate of drug-likeness (QED) is 0.463. The Balaban J connectivity index is 2.14. The average Bonchev–Trinajstić information content (AvgIpc) is 2.77. The van der Waals surface area contributed by atoms with E-state index < -0.39 is 5.91 Å². The number of carbonyl (C=O) groups excluding carboxylic acids is 1. The third-order valence-corrected chi connectivity index (χ3v) is 4.55. The summed E-state index contributed by atoms with van der Waals surface area (Å²) in [4.78, 5) is 14.4. The second-order valence-corrected chi connectivity index (χ2v) is 6.64. The molecular formula is C23H27N3O4. The number of nitriles is 1. The van der Waals surface area contributed by atoms with Crippen LogP contribution in [0.1, 0.15) is 24.1 Å². The van der Waals surface area contributed by atoms with Crippen LogP contribution in [-0.2, 0) is 11.3 Å². The molecule has 0 saturated carbocycles. The van der Waals surface area contributed by atoms with Crippen LogP contribution in [0.4, 0.5) is 0 Å². The van der Waals surface area contributed by atoms with E-state index in [1.54, 1.807) is 31.3 Å². The van der Waals surface area contributed by atoms with Crippen LogP contribution in [0.5, 0.6) is 11.5 Å². The number of hydrogen-bond acceptors (Lipinski definition) is 6. The number of benzene rings is 2.